The minimum Gasteiger partial charge on any atom is -0.481 e. The highest BCUT2D eigenvalue weighted by Gasteiger charge is 2.14. The molecule has 21 heavy (non-hydrogen) atoms. The molecule has 3 nitrogen and oxygen atoms in total. The van der Waals surface area contributed by atoms with Crippen molar-refractivity contribution in [3.05, 3.63) is 59.7 Å². The van der Waals surface area contributed by atoms with Gasteiger partial charge in [-0.25, -0.2) is 0 Å². The Kier molecular flexibility index (Phi) is 4.99. The molecule has 0 bridgehead atoms. The van der Waals surface area contributed by atoms with Crippen molar-refractivity contribution in [2.75, 3.05) is 5.32 Å². The van der Waals surface area contributed by atoms with Crippen molar-refractivity contribution in [2.45, 2.75) is 33.3 Å². The standard InChI is InChI=1S/C18H21NO2/c1-4-15-7-9-16(10-8-15)19-18(20)14(3)21-17-11-5-13(2)6-12-17/h5-12,14H,4H2,1-3H3,(H,19,20)/t14-/m0/s1. The van der Waals surface area contributed by atoms with Gasteiger partial charge in [0.1, 0.15) is 5.75 Å². The van der Waals surface area contributed by atoms with Crippen molar-refractivity contribution in [2.24, 2.45) is 0 Å². The molecule has 3 heteroatoms. The van der Waals surface area contributed by atoms with Crippen LogP contribution in [0.4, 0.5) is 5.69 Å². The predicted molar refractivity (Wildman–Crippen MR) is 85.7 cm³/mol. The van der Waals surface area contributed by atoms with Crippen molar-refractivity contribution in [3.8, 4) is 5.75 Å². The molecule has 0 saturated carbocycles. The Balaban J connectivity index is 1.93. The van der Waals surface area contributed by atoms with Gasteiger partial charge in [-0.1, -0.05) is 36.8 Å². The van der Waals surface area contributed by atoms with Crippen LogP contribution in [0.3, 0.4) is 0 Å². The fraction of sp³-hybridized carbons (Fsp3) is 0.278. The molecule has 2 aromatic carbocycles. The number of carbonyl (C=O) groups excluding carboxylic acids is 1. The molecule has 0 aliphatic carbocycles. The van der Waals surface area contributed by atoms with Crippen molar-refractivity contribution < 1.29 is 9.53 Å². The van der Waals surface area contributed by atoms with E-state index in [-0.39, 0.29) is 5.91 Å². The summed E-state index contributed by atoms with van der Waals surface area (Å²) >= 11 is 0. The molecule has 110 valence electrons. The first-order valence-electron chi connectivity index (χ1n) is 7.21. The molecule has 0 saturated heterocycles. The lowest BCUT2D eigenvalue weighted by molar-refractivity contribution is -0.122. The number of benzene rings is 2. The van der Waals surface area contributed by atoms with Crippen LogP contribution in [0.1, 0.15) is 25.0 Å². The molecular weight excluding hydrogens is 262 g/mol. The van der Waals surface area contributed by atoms with Gasteiger partial charge in [0.2, 0.25) is 0 Å². The fourth-order valence-electron chi connectivity index (χ4n) is 1.94. The summed E-state index contributed by atoms with van der Waals surface area (Å²) in [5.41, 5.74) is 3.20. The van der Waals surface area contributed by atoms with E-state index in [9.17, 15) is 4.79 Å². The Morgan fingerprint density at radius 3 is 2.29 bits per heavy atom. The third kappa shape index (κ3) is 4.35. The Morgan fingerprint density at radius 1 is 1.10 bits per heavy atom. The average Bonchev–Trinajstić information content (AvgIpc) is 2.50. The lowest BCUT2D eigenvalue weighted by Crippen LogP contribution is -2.30. The van der Waals surface area contributed by atoms with Crippen LogP contribution in [0.5, 0.6) is 5.75 Å². The van der Waals surface area contributed by atoms with Gasteiger partial charge < -0.3 is 10.1 Å². The average molecular weight is 283 g/mol. The minimum absolute atomic E-state index is 0.153. The second kappa shape index (κ2) is 6.93. The second-order valence-electron chi connectivity index (χ2n) is 5.11. The van der Waals surface area contributed by atoms with Gasteiger partial charge in [0.15, 0.2) is 6.10 Å². The summed E-state index contributed by atoms with van der Waals surface area (Å²) in [6, 6.07) is 15.5. The summed E-state index contributed by atoms with van der Waals surface area (Å²) in [6.45, 7) is 5.86. The van der Waals surface area contributed by atoms with E-state index in [1.165, 1.54) is 5.56 Å². The van der Waals surface area contributed by atoms with Gasteiger partial charge in [0, 0.05) is 5.69 Å². The van der Waals surface area contributed by atoms with Crippen molar-refractivity contribution in [1.29, 1.82) is 0 Å². The molecule has 0 aromatic heterocycles. The lowest BCUT2D eigenvalue weighted by atomic mass is 10.1. The van der Waals surface area contributed by atoms with Crippen LogP contribution in [0.25, 0.3) is 0 Å². The number of hydrogen-bond acceptors (Lipinski definition) is 2. The first-order chi connectivity index (χ1) is 10.1. The van der Waals surface area contributed by atoms with Gasteiger partial charge in [0.05, 0.1) is 0 Å². The Labute approximate surface area is 126 Å². The van der Waals surface area contributed by atoms with Gasteiger partial charge >= 0.3 is 0 Å². The number of aryl methyl sites for hydroxylation is 2. The summed E-state index contributed by atoms with van der Waals surface area (Å²) in [6.07, 6.45) is 0.444. The van der Waals surface area contributed by atoms with Gasteiger partial charge in [-0.05, 0) is 50.1 Å². The SMILES string of the molecule is CCc1ccc(NC(=O)[C@H](C)Oc2ccc(C)cc2)cc1. The molecule has 0 unspecified atom stereocenters. The van der Waals surface area contributed by atoms with Crippen LogP contribution in [0.2, 0.25) is 0 Å². The fourth-order valence-corrected chi connectivity index (χ4v) is 1.94. The van der Waals surface area contributed by atoms with Crippen molar-refractivity contribution in [3.63, 3.8) is 0 Å². The normalized spacial score (nSPS) is 11.8. The molecule has 0 fully saturated rings. The van der Waals surface area contributed by atoms with Crippen LogP contribution in [-0.4, -0.2) is 12.0 Å². The van der Waals surface area contributed by atoms with E-state index in [0.29, 0.717) is 5.75 Å². The maximum Gasteiger partial charge on any atom is 0.265 e. The first kappa shape index (κ1) is 15.1. The Bertz CT molecular complexity index is 588. The largest absolute Gasteiger partial charge is 0.481 e. The van der Waals surface area contributed by atoms with Gasteiger partial charge in [0.25, 0.3) is 5.91 Å². The number of amides is 1. The number of nitrogens with one attached hydrogen (secondary N) is 1. The Morgan fingerprint density at radius 2 is 1.71 bits per heavy atom. The number of carbonyl (C=O) groups is 1. The molecule has 1 atom stereocenters. The van der Waals surface area contributed by atoms with Crippen LogP contribution in [0, 0.1) is 6.92 Å². The minimum atomic E-state index is -0.543. The summed E-state index contributed by atoms with van der Waals surface area (Å²) in [4.78, 5) is 12.1. The molecular formula is C18H21NO2. The van der Waals surface area contributed by atoms with E-state index in [1.807, 2.05) is 55.5 Å². The van der Waals surface area contributed by atoms with E-state index in [4.69, 9.17) is 4.74 Å². The first-order valence-corrected chi connectivity index (χ1v) is 7.21. The highest BCUT2D eigenvalue weighted by atomic mass is 16.5. The summed E-state index contributed by atoms with van der Waals surface area (Å²) in [5, 5.41) is 2.86. The third-order valence-electron chi connectivity index (χ3n) is 3.33. The maximum atomic E-state index is 12.1. The van der Waals surface area contributed by atoms with Crippen LogP contribution >= 0.6 is 0 Å². The lowest BCUT2D eigenvalue weighted by Gasteiger charge is -2.15. The molecule has 0 heterocycles. The molecule has 1 N–H and O–H groups in total. The summed E-state index contributed by atoms with van der Waals surface area (Å²) in [5.74, 6) is 0.546. The van der Waals surface area contributed by atoms with E-state index in [0.717, 1.165) is 17.7 Å². The molecule has 0 aliphatic heterocycles. The molecule has 0 aliphatic rings. The number of hydrogen-bond donors (Lipinski definition) is 1. The molecule has 2 aromatic rings. The predicted octanol–water partition coefficient (Wildman–Crippen LogP) is 3.96. The van der Waals surface area contributed by atoms with E-state index in [1.54, 1.807) is 6.92 Å². The number of rotatable bonds is 5. The number of anilines is 1. The molecule has 2 rings (SSSR count). The van der Waals surface area contributed by atoms with Crippen LogP contribution in [0.15, 0.2) is 48.5 Å². The van der Waals surface area contributed by atoms with E-state index >= 15 is 0 Å². The van der Waals surface area contributed by atoms with Crippen LogP contribution in [-0.2, 0) is 11.2 Å². The monoisotopic (exact) mass is 283 g/mol. The van der Waals surface area contributed by atoms with E-state index < -0.39 is 6.10 Å². The topological polar surface area (TPSA) is 38.3 Å². The van der Waals surface area contributed by atoms with Crippen molar-refractivity contribution in [1.82, 2.24) is 0 Å². The highest BCUT2D eigenvalue weighted by Crippen LogP contribution is 2.15. The summed E-state index contributed by atoms with van der Waals surface area (Å²) in [7, 11) is 0. The molecule has 1 amide bonds. The van der Waals surface area contributed by atoms with Crippen LogP contribution < -0.4 is 10.1 Å². The van der Waals surface area contributed by atoms with Gasteiger partial charge in [-0.2, -0.15) is 0 Å². The number of ether oxygens (including phenoxy) is 1. The highest BCUT2D eigenvalue weighted by molar-refractivity contribution is 5.94. The zero-order valence-corrected chi connectivity index (χ0v) is 12.7. The maximum absolute atomic E-state index is 12.1. The second-order valence-corrected chi connectivity index (χ2v) is 5.11. The third-order valence-corrected chi connectivity index (χ3v) is 3.33. The molecule has 0 radical (unpaired) electrons. The Hall–Kier alpha value is -2.29. The smallest absolute Gasteiger partial charge is 0.265 e. The molecule has 0 spiro atoms. The summed E-state index contributed by atoms with van der Waals surface area (Å²) < 4.78 is 5.64. The van der Waals surface area contributed by atoms with Gasteiger partial charge in [-0.3, -0.25) is 4.79 Å². The quantitative estimate of drug-likeness (QED) is 0.902. The zero-order valence-electron chi connectivity index (χ0n) is 12.7. The van der Waals surface area contributed by atoms with Crippen molar-refractivity contribution >= 4 is 11.6 Å². The zero-order chi connectivity index (χ0) is 15.2. The van der Waals surface area contributed by atoms with Gasteiger partial charge in [-0.15, -0.1) is 0 Å². The van der Waals surface area contributed by atoms with E-state index in [2.05, 4.69) is 12.2 Å².